The molecule has 0 aromatic carbocycles. The van der Waals surface area contributed by atoms with Crippen LogP contribution in [0.4, 0.5) is 5.82 Å². The lowest BCUT2D eigenvalue weighted by Gasteiger charge is -2.21. The molecule has 16 heavy (non-hydrogen) atoms. The molecule has 0 radical (unpaired) electrons. The lowest BCUT2D eigenvalue weighted by atomic mass is 10.1. The smallest absolute Gasteiger partial charge is 0.171 e. The minimum Gasteiger partial charge on any atom is -0.393 e. The first-order valence-corrected chi connectivity index (χ1v) is 5.31. The number of aromatic nitrogens is 2. The molecular weight excluding hydrogens is 230 g/mol. The number of nitrogens with zero attached hydrogens (tertiary/aromatic N) is 2. The molecule has 0 bridgehead atoms. The van der Waals surface area contributed by atoms with Gasteiger partial charge in [-0.1, -0.05) is 11.6 Å². The van der Waals surface area contributed by atoms with Crippen LogP contribution in [0.15, 0.2) is 0 Å². The van der Waals surface area contributed by atoms with Gasteiger partial charge in [-0.05, 0) is 20.8 Å². The quantitative estimate of drug-likeness (QED) is 0.735. The summed E-state index contributed by atoms with van der Waals surface area (Å²) in [5.74, 6) is 0.415. The first-order valence-electron chi connectivity index (χ1n) is 4.93. The van der Waals surface area contributed by atoms with Crippen LogP contribution in [0.5, 0.6) is 0 Å². The van der Waals surface area contributed by atoms with Crippen LogP contribution in [-0.2, 0) is 0 Å². The molecule has 5 nitrogen and oxygen atoms in total. The van der Waals surface area contributed by atoms with Gasteiger partial charge in [0.15, 0.2) is 11.0 Å². The highest BCUT2D eigenvalue weighted by Crippen LogP contribution is 2.19. The van der Waals surface area contributed by atoms with E-state index in [0.717, 1.165) is 11.4 Å². The van der Waals surface area contributed by atoms with E-state index in [1.54, 1.807) is 0 Å². The number of hydrogen-bond donors (Lipinski definition) is 3. The topological polar surface area (TPSA) is 78.3 Å². The Morgan fingerprint density at radius 3 is 2.44 bits per heavy atom. The Bertz CT molecular complexity index is 383. The molecule has 0 amide bonds. The lowest BCUT2D eigenvalue weighted by molar-refractivity contribution is 0.0131. The van der Waals surface area contributed by atoms with E-state index in [4.69, 9.17) is 16.7 Å². The molecular formula is C10H16ClN3O2. The summed E-state index contributed by atoms with van der Waals surface area (Å²) in [5.41, 5.74) is 0.337. The van der Waals surface area contributed by atoms with Crippen molar-refractivity contribution in [1.29, 1.82) is 0 Å². The molecule has 90 valence electrons. The number of rotatable bonds is 4. The van der Waals surface area contributed by atoms with Crippen LogP contribution >= 0.6 is 11.6 Å². The molecule has 1 atom stereocenters. The SMILES string of the molecule is Cc1nc(Cl)c(NCC(C)(O)CO)nc1C. The number of nitrogens with one attached hydrogen (secondary N) is 1. The molecule has 0 aliphatic carbocycles. The predicted octanol–water partition coefficient (Wildman–Crippen LogP) is 0.902. The normalized spacial score (nSPS) is 14.6. The second-order valence-corrected chi connectivity index (χ2v) is 4.40. The molecule has 0 aliphatic rings. The van der Waals surface area contributed by atoms with Gasteiger partial charge in [-0.2, -0.15) is 0 Å². The molecule has 0 saturated carbocycles. The third-order valence-corrected chi connectivity index (χ3v) is 2.51. The zero-order chi connectivity index (χ0) is 12.3. The van der Waals surface area contributed by atoms with Crippen molar-refractivity contribution in [3.63, 3.8) is 0 Å². The molecule has 0 saturated heterocycles. The minimum atomic E-state index is -1.20. The van der Waals surface area contributed by atoms with Crippen molar-refractivity contribution >= 4 is 17.4 Å². The van der Waals surface area contributed by atoms with Crippen molar-refractivity contribution in [1.82, 2.24) is 9.97 Å². The van der Waals surface area contributed by atoms with Gasteiger partial charge in [0.05, 0.1) is 18.0 Å². The molecule has 3 N–H and O–H groups in total. The van der Waals surface area contributed by atoms with Gasteiger partial charge in [-0.25, -0.2) is 9.97 Å². The first kappa shape index (κ1) is 13.2. The third-order valence-electron chi connectivity index (χ3n) is 2.24. The molecule has 1 heterocycles. The highest BCUT2D eigenvalue weighted by molar-refractivity contribution is 6.31. The largest absolute Gasteiger partial charge is 0.393 e. The molecule has 0 aliphatic heterocycles. The van der Waals surface area contributed by atoms with Crippen molar-refractivity contribution in [2.45, 2.75) is 26.4 Å². The van der Waals surface area contributed by atoms with Crippen LogP contribution < -0.4 is 5.32 Å². The Balaban J connectivity index is 2.79. The van der Waals surface area contributed by atoms with Gasteiger partial charge in [0.2, 0.25) is 0 Å². The van der Waals surface area contributed by atoms with Gasteiger partial charge in [-0.3, -0.25) is 0 Å². The van der Waals surface area contributed by atoms with Crippen LogP contribution in [0.3, 0.4) is 0 Å². The average molecular weight is 246 g/mol. The standard InChI is InChI=1S/C10H16ClN3O2/c1-6-7(2)14-9(8(11)13-6)12-4-10(3,16)5-15/h15-16H,4-5H2,1-3H3,(H,12,14). The van der Waals surface area contributed by atoms with Crippen LogP contribution in [0.25, 0.3) is 0 Å². The molecule has 0 fully saturated rings. The van der Waals surface area contributed by atoms with Crippen LogP contribution in [-0.4, -0.2) is 38.9 Å². The number of aliphatic hydroxyl groups is 2. The molecule has 1 rings (SSSR count). The summed E-state index contributed by atoms with van der Waals surface area (Å²) >= 11 is 5.89. The Morgan fingerprint density at radius 1 is 1.31 bits per heavy atom. The average Bonchev–Trinajstić information content (AvgIpc) is 2.22. The van der Waals surface area contributed by atoms with E-state index >= 15 is 0 Å². The van der Waals surface area contributed by atoms with Crippen LogP contribution in [0.2, 0.25) is 5.15 Å². The van der Waals surface area contributed by atoms with Crippen LogP contribution in [0.1, 0.15) is 18.3 Å². The molecule has 6 heteroatoms. The monoisotopic (exact) mass is 245 g/mol. The number of aliphatic hydroxyl groups excluding tert-OH is 1. The predicted molar refractivity (Wildman–Crippen MR) is 62.7 cm³/mol. The van der Waals surface area contributed by atoms with Crippen molar-refractivity contribution in [3.05, 3.63) is 16.5 Å². The van der Waals surface area contributed by atoms with Gasteiger partial charge < -0.3 is 15.5 Å². The maximum atomic E-state index is 9.60. The van der Waals surface area contributed by atoms with E-state index in [1.165, 1.54) is 6.92 Å². The lowest BCUT2D eigenvalue weighted by Crippen LogP contribution is -2.37. The van der Waals surface area contributed by atoms with Gasteiger partial charge in [0.1, 0.15) is 5.60 Å². The van der Waals surface area contributed by atoms with E-state index in [2.05, 4.69) is 15.3 Å². The molecule has 0 spiro atoms. The number of aryl methyl sites for hydroxylation is 2. The second kappa shape index (κ2) is 4.95. The second-order valence-electron chi connectivity index (χ2n) is 4.04. The summed E-state index contributed by atoms with van der Waals surface area (Å²) in [4.78, 5) is 8.31. The maximum Gasteiger partial charge on any atom is 0.171 e. The Hall–Kier alpha value is -0.910. The summed E-state index contributed by atoms with van der Waals surface area (Å²) in [6.07, 6.45) is 0. The summed E-state index contributed by atoms with van der Waals surface area (Å²) in [6, 6.07) is 0. The van der Waals surface area contributed by atoms with Crippen molar-refractivity contribution in [2.24, 2.45) is 0 Å². The van der Waals surface area contributed by atoms with E-state index < -0.39 is 5.60 Å². The van der Waals surface area contributed by atoms with Gasteiger partial charge >= 0.3 is 0 Å². The Labute approximate surface area is 99.5 Å². The molecule has 1 aromatic heterocycles. The number of hydrogen-bond acceptors (Lipinski definition) is 5. The zero-order valence-electron chi connectivity index (χ0n) is 9.58. The van der Waals surface area contributed by atoms with E-state index in [-0.39, 0.29) is 18.3 Å². The summed E-state index contributed by atoms with van der Waals surface area (Å²) in [5, 5.41) is 21.6. The van der Waals surface area contributed by atoms with E-state index in [9.17, 15) is 5.11 Å². The minimum absolute atomic E-state index is 0.153. The maximum absolute atomic E-state index is 9.60. The highest BCUT2D eigenvalue weighted by Gasteiger charge is 2.19. The van der Waals surface area contributed by atoms with E-state index in [0.29, 0.717) is 5.82 Å². The van der Waals surface area contributed by atoms with Crippen LogP contribution in [0, 0.1) is 13.8 Å². The Morgan fingerprint density at radius 2 is 1.88 bits per heavy atom. The zero-order valence-corrected chi connectivity index (χ0v) is 10.3. The number of halogens is 1. The van der Waals surface area contributed by atoms with Gasteiger partial charge in [0.25, 0.3) is 0 Å². The fourth-order valence-corrected chi connectivity index (χ4v) is 1.25. The van der Waals surface area contributed by atoms with Crippen molar-refractivity contribution < 1.29 is 10.2 Å². The third kappa shape index (κ3) is 3.30. The van der Waals surface area contributed by atoms with Gasteiger partial charge in [-0.15, -0.1) is 0 Å². The van der Waals surface area contributed by atoms with Crippen molar-refractivity contribution in [2.75, 3.05) is 18.5 Å². The fourth-order valence-electron chi connectivity index (χ4n) is 1.02. The summed E-state index contributed by atoms with van der Waals surface area (Å²) < 4.78 is 0. The van der Waals surface area contributed by atoms with Crippen molar-refractivity contribution in [3.8, 4) is 0 Å². The first-order chi connectivity index (χ1) is 7.35. The summed E-state index contributed by atoms with van der Waals surface area (Å²) in [6.45, 7) is 4.98. The highest BCUT2D eigenvalue weighted by atomic mass is 35.5. The summed E-state index contributed by atoms with van der Waals surface area (Å²) in [7, 11) is 0. The molecule has 1 unspecified atom stereocenters. The Kier molecular flexibility index (Phi) is 4.07. The number of anilines is 1. The van der Waals surface area contributed by atoms with E-state index in [1.807, 2.05) is 13.8 Å². The van der Waals surface area contributed by atoms with Gasteiger partial charge in [0, 0.05) is 6.54 Å². The molecule has 1 aromatic rings. The fraction of sp³-hybridized carbons (Fsp3) is 0.600.